The first-order chi connectivity index (χ1) is 9.97. The number of benzene rings is 1. The van der Waals surface area contributed by atoms with Crippen LogP contribution in [-0.2, 0) is 12.7 Å². The Bertz CT molecular complexity index is 471. The van der Waals surface area contributed by atoms with Crippen molar-refractivity contribution in [1.82, 2.24) is 5.32 Å². The van der Waals surface area contributed by atoms with E-state index in [4.69, 9.17) is 0 Å². The lowest BCUT2D eigenvalue weighted by Gasteiger charge is -2.27. The van der Waals surface area contributed by atoms with Crippen molar-refractivity contribution in [2.75, 3.05) is 18.0 Å². The number of halogens is 3. The molecular weight excluding hydrogens is 277 g/mol. The summed E-state index contributed by atoms with van der Waals surface area (Å²) in [5.41, 5.74) is 0.509. The van der Waals surface area contributed by atoms with Gasteiger partial charge in [-0.2, -0.15) is 13.2 Å². The van der Waals surface area contributed by atoms with Crippen LogP contribution in [0.2, 0.25) is 0 Å². The van der Waals surface area contributed by atoms with Crippen molar-refractivity contribution in [2.24, 2.45) is 0 Å². The summed E-state index contributed by atoms with van der Waals surface area (Å²) in [5, 5.41) is 2.97. The quantitative estimate of drug-likeness (QED) is 0.877. The topological polar surface area (TPSA) is 15.3 Å². The molecule has 1 aliphatic rings. The molecule has 1 N–H and O–H groups in total. The standard InChI is InChI=1S/C16H23F3N2/c1-3-13-6-5-9-21(13)14-8-7-12(11-20-4-2)15(10-14)16(17,18)19/h7-8,10,13,20H,3-6,9,11H2,1-2H3. The Morgan fingerprint density at radius 3 is 2.67 bits per heavy atom. The zero-order valence-electron chi connectivity index (χ0n) is 12.6. The van der Waals surface area contributed by atoms with Gasteiger partial charge in [-0.05, 0) is 43.5 Å². The highest BCUT2D eigenvalue weighted by molar-refractivity contribution is 5.53. The van der Waals surface area contributed by atoms with E-state index in [9.17, 15) is 13.2 Å². The van der Waals surface area contributed by atoms with Gasteiger partial charge in [0.2, 0.25) is 0 Å². The molecule has 1 atom stereocenters. The van der Waals surface area contributed by atoms with Crippen molar-refractivity contribution in [3.63, 3.8) is 0 Å². The zero-order chi connectivity index (χ0) is 15.5. The fourth-order valence-corrected chi connectivity index (χ4v) is 3.02. The van der Waals surface area contributed by atoms with Crippen LogP contribution in [0, 0.1) is 0 Å². The highest BCUT2D eigenvalue weighted by atomic mass is 19.4. The van der Waals surface area contributed by atoms with Gasteiger partial charge in [-0.1, -0.05) is 19.9 Å². The van der Waals surface area contributed by atoms with Crippen LogP contribution >= 0.6 is 0 Å². The van der Waals surface area contributed by atoms with Crippen LogP contribution < -0.4 is 10.2 Å². The van der Waals surface area contributed by atoms with Crippen LogP contribution in [0.1, 0.15) is 44.2 Å². The Balaban J connectivity index is 2.32. The average Bonchev–Trinajstić information content (AvgIpc) is 2.92. The molecule has 1 heterocycles. The molecule has 5 heteroatoms. The fourth-order valence-electron chi connectivity index (χ4n) is 3.02. The van der Waals surface area contributed by atoms with Crippen molar-refractivity contribution in [1.29, 1.82) is 0 Å². The summed E-state index contributed by atoms with van der Waals surface area (Å²) >= 11 is 0. The summed E-state index contributed by atoms with van der Waals surface area (Å²) in [6.07, 6.45) is -1.21. The maximum atomic E-state index is 13.3. The smallest absolute Gasteiger partial charge is 0.369 e. The maximum Gasteiger partial charge on any atom is 0.416 e. The monoisotopic (exact) mass is 300 g/mol. The molecule has 1 unspecified atom stereocenters. The first kappa shape index (κ1) is 16.1. The van der Waals surface area contributed by atoms with Gasteiger partial charge in [0.1, 0.15) is 0 Å². The minimum absolute atomic E-state index is 0.253. The third-order valence-corrected chi connectivity index (χ3v) is 4.14. The summed E-state index contributed by atoms with van der Waals surface area (Å²) in [5.74, 6) is 0. The summed E-state index contributed by atoms with van der Waals surface area (Å²) in [6, 6.07) is 5.13. The summed E-state index contributed by atoms with van der Waals surface area (Å²) in [6.45, 7) is 5.74. The highest BCUT2D eigenvalue weighted by Crippen LogP contribution is 2.36. The van der Waals surface area contributed by atoms with Crippen molar-refractivity contribution < 1.29 is 13.2 Å². The summed E-state index contributed by atoms with van der Waals surface area (Å²) < 4.78 is 39.8. The second-order valence-corrected chi connectivity index (χ2v) is 5.52. The van der Waals surface area contributed by atoms with E-state index in [1.807, 2.05) is 13.0 Å². The Morgan fingerprint density at radius 1 is 1.29 bits per heavy atom. The van der Waals surface area contributed by atoms with E-state index in [-0.39, 0.29) is 6.54 Å². The van der Waals surface area contributed by atoms with Crippen molar-refractivity contribution in [3.8, 4) is 0 Å². The summed E-state index contributed by atoms with van der Waals surface area (Å²) in [4.78, 5) is 2.12. The fraction of sp³-hybridized carbons (Fsp3) is 0.625. The molecule has 2 nitrogen and oxygen atoms in total. The second kappa shape index (κ2) is 6.69. The molecule has 2 rings (SSSR count). The van der Waals surface area contributed by atoms with E-state index in [0.29, 0.717) is 23.8 Å². The first-order valence-corrected chi connectivity index (χ1v) is 7.64. The molecule has 0 aliphatic carbocycles. The minimum Gasteiger partial charge on any atom is -0.369 e. The van der Waals surface area contributed by atoms with Crippen molar-refractivity contribution in [2.45, 2.75) is 51.9 Å². The highest BCUT2D eigenvalue weighted by Gasteiger charge is 2.34. The molecule has 0 amide bonds. The van der Waals surface area contributed by atoms with E-state index in [0.717, 1.165) is 25.8 Å². The molecule has 1 saturated heterocycles. The summed E-state index contributed by atoms with van der Waals surface area (Å²) in [7, 11) is 0. The number of alkyl halides is 3. The number of nitrogens with one attached hydrogen (secondary N) is 1. The van der Waals surface area contributed by atoms with Gasteiger partial charge in [0.05, 0.1) is 5.56 Å². The first-order valence-electron chi connectivity index (χ1n) is 7.64. The third kappa shape index (κ3) is 3.70. The lowest BCUT2D eigenvalue weighted by Crippen LogP contribution is -2.29. The van der Waals surface area contributed by atoms with Crippen LogP contribution in [0.5, 0.6) is 0 Å². The zero-order valence-corrected chi connectivity index (χ0v) is 12.6. The van der Waals surface area contributed by atoms with Gasteiger partial charge in [0, 0.05) is 24.8 Å². The van der Waals surface area contributed by atoms with Gasteiger partial charge in [-0.3, -0.25) is 0 Å². The number of rotatable bonds is 5. The molecule has 1 aromatic carbocycles. The normalized spacial score (nSPS) is 19.3. The van der Waals surface area contributed by atoms with Crippen LogP contribution in [0.15, 0.2) is 18.2 Å². The average molecular weight is 300 g/mol. The minimum atomic E-state index is -4.30. The van der Waals surface area contributed by atoms with Crippen LogP contribution in [0.25, 0.3) is 0 Å². The second-order valence-electron chi connectivity index (χ2n) is 5.52. The van der Waals surface area contributed by atoms with Gasteiger partial charge >= 0.3 is 6.18 Å². The Kier molecular flexibility index (Phi) is 5.14. The molecule has 118 valence electrons. The molecule has 0 aromatic heterocycles. The number of anilines is 1. The Hall–Kier alpha value is -1.23. The maximum absolute atomic E-state index is 13.3. The van der Waals surface area contributed by atoms with E-state index in [2.05, 4.69) is 17.1 Å². The van der Waals surface area contributed by atoms with E-state index < -0.39 is 11.7 Å². The van der Waals surface area contributed by atoms with Crippen LogP contribution in [0.4, 0.5) is 18.9 Å². The number of nitrogens with zero attached hydrogens (tertiary/aromatic N) is 1. The molecule has 1 aromatic rings. The predicted octanol–water partition coefficient (Wildman–Crippen LogP) is 4.19. The number of hydrogen-bond acceptors (Lipinski definition) is 2. The molecule has 21 heavy (non-hydrogen) atoms. The van der Waals surface area contributed by atoms with Gasteiger partial charge in [0.25, 0.3) is 0 Å². The van der Waals surface area contributed by atoms with Gasteiger partial charge in [-0.15, -0.1) is 0 Å². The lowest BCUT2D eigenvalue weighted by molar-refractivity contribution is -0.138. The molecular formula is C16H23F3N2. The van der Waals surface area contributed by atoms with Gasteiger partial charge in [0.15, 0.2) is 0 Å². The largest absolute Gasteiger partial charge is 0.416 e. The van der Waals surface area contributed by atoms with Crippen LogP contribution in [-0.4, -0.2) is 19.1 Å². The predicted molar refractivity (Wildman–Crippen MR) is 79.5 cm³/mol. The SMILES string of the molecule is CCNCc1ccc(N2CCCC2CC)cc1C(F)(F)F. The van der Waals surface area contributed by atoms with Crippen molar-refractivity contribution >= 4 is 5.69 Å². The Labute approximate surface area is 124 Å². The molecule has 1 aliphatic heterocycles. The van der Waals surface area contributed by atoms with E-state index in [1.54, 1.807) is 6.07 Å². The number of hydrogen-bond donors (Lipinski definition) is 1. The molecule has 0 spiro atoms. The Morgan fingerprint density at radius 2 is 2.05 bits per heavy atom. The molecule has 0 saturated carbocycles. The van der Waals surface area contributed by atoms with Gasteiger partial charge < -0.3 is 10.2 Å². The lowest BCUT2D eigenvalue weighted by atomic mass is 10.0. The molecule has 0 radical (unpaired) electrons. The molecule has 1 fully saturated rings. The van der Waals surface area contributed by atoms with Crippen molar-refractivity contribution in [3.05, 3.63) is 29.3 Å². The van der Waals surface area contributed by atoms with Gasteiger partial charge in [-0.25, -0.2) is 0 Å². The molecule has 0 bridgehead atoms. The van der Waals surface area contributed by atoms with E-state index in [1.165, 1.54) is 6.07 Å². The van der Waals surface area contributed by atoms with E-state index >= 15 is 0 Å². The van der Waals surface area contributed by atoms with Crippen LogP contribution in [0.3, 0.4) is 0 Å². The third-order valence-electron chi connectivity index (χ3n) is 4.14.